The Morgan fingerprint density at radius 3 is 2.68 bits per heavy atom. The number of hydrogen-bond donors (Lipinski definition) is 1. The quantitative estimate of drug-likeness (QED) is 0.500. The molecule has 0 aliphatic heterocycles. The van der Waals surface area contributed by atoms with Gasteiger partial charge in [0.05, 0.1) is 12.0 Å². The van der Waals surface area contributed by atoms with Crippen LogP contribution in [-0.4, -0.2) is 30.1 Å². The summed E-state index contributed by atoms with van der Waals surface area (Å²) in [4.78, 5) is 21.3. The maximum absolute atomic E-state index is 11.3. The number of rotatable bonds is 5. The number of hydrogen-bond acceptors (Lipinski definition) is 6. The van der Waals surface area contributed by atoms with E-state index in [4.69, 9.17) is 22.1 Å². The van der Waals surface area contributed by atoms with Crippen molar-refractivity contribution in [3.05, 3.63) is 33.3 Å². The Morgan fingerprint density at radius 2 is 2.21 bits per heavy atom. The summed E-state index contributed by atoms with van der Waals surface area (Å²) in [5, 5.41) is 10.5. The van der Waals surface area contributed by atoms with E-state index in [9.17, 15) is 14.9 Å². The van der Waals surface area contributed by atoms with Crippen LogP contribution in [-0.2, 0) is 9.53 Å². The van der Waals surface area contributed by atoms with Gasteiger partial charge in [-0.15, -0.1) is 0 Å². The zero-order chi connectivity index (χ0) is 14.6. The van der Waals surface area contributed by atoms with Gasteiger partial charge in [-0.25, -0.2) is 4.79 Å². The van der Waals surface area contributed by atoms with E-state index >= 15 is 0 Å². The minimum absolute atomic E-state index is 0.0562. The zero-order valence-corrected chi connectivity index (χ0v) is 11.1. The summed E-state index contributed by atoms with van der Waals surface area (Å²) in [5.41, 5.74) is 4.15. The molecule has 1 aromatic carbocycles. The Bertz CT molecular complexity index is 504. The second-order valence-electron chi connectivity index (χ2n) is 4.07. The molecule has 1 rings (SSSR count). The van der Waals surface area contributed by atoms with Crippen LogP contribution in [0.15, 0.2) is 18.2 Å². The molecule has 0 fully saturated rings. The number of esters is 1. The van der Waals surface area contributed by atoms with E-state index in [2.05, 4.69) is 4.74 Å². The van der Waals surface area contributed by atoms with Gasteiger partial charge in [0.1, 0.15) is 22.9 Å². The third-order valence-electron chi connectivity index (χ3n) is 2.31. The lowest BCUT2D eigenvalue weighted by Gasteiger charge is -2.21. The monoisotopic (exact) mass is 288 g/mol. The van der Waals surface area contributed by atoms with Gasteiger partial charge in [-0.3, -0.25) is 10.1 Å². The predicted molar refractivity (Wildman–Crippen MR) is 68.2 cm³/mol. The van der Waals surface area contributed by atoms with E-state index in [1.165, 1.54) is 32.2 Å². The van der Waals surface area contributed by atoms with Crippen molar-refractivity contribution < 1.29 is 19.2 Å². The van der Waals surface area contributed by atoms with Crippen molar-refractivity contribution in [2.75, 3.05) is 13.7 Å². The fraction of sp³-hybridized carbons (Fsp3) is 0.364. The van der Waals surface area contributed by atoms with Crippen molar-refractivity contribution in [2.24, 2.45) is 5.73 Å². The SMILES string of the molecule is COC(=O)C(C)(N)COc1ccc([N+](=O)[O-])c(Cl)c1. The first-order valence-corrected chi connectivity index (χ1v) is 5.60. The summed E-state index contributed by atoms with van der Waals surface area (Å²) in [6, 6.07) is 3.87. The topological polar surface area (TPSA) is 105 Å². The van der Waals surface area contributed by atoms with Crippen molar-refractivity contribution in [1.82, 2.24) is 0 Å². The second kappa shape index (κ2) is 5.85. The zero-order valence-electron chi connectivity index (χ0n) is 10.4. The lowest BCUT2D eigenvalue weighted by Crippen LogP contribution is -2.50. The van der Waals surface area contributed by atoms with Crippen LogP contribution < -0.4 is 10.5 Å². The van der Waals surface area contributed by atoms with Crippen LogP contribution in [0.5, 0.6) is 5.75 Å². The van der Waals surface area contributed by atoms with Crippen LogP contribution in [0.4, 0.5) is 5.69 Å². The molecular formula is C11H13ClN2O5. The smallest absolute Gasteiger partial charge is 0.329 e. The normalized spacial score (nSPS) is 13.5. The predicted octanol–water partition coefficient (Wildman–Crippen LogP) is 1.52. The molecule has 1 atom stereocenters. The third-order valence-corrected chi connectivity index (χ3v) is 2.61. The van der Waals surface area contributed by atoms with Crippen LogP contribution in [0.3, 0.4) is 0 Å². The highest BCUT2D eigenvalue weighted by Gasteiger charge is 2.30. The number of ether oxygens (including phenoxy) is 2. The van der Waals surface area contributed by atoms with Crippen LogP contribution >= 0.6 is 11.6 Å². The van der Waals surface area contributed by atoms with E-state index in [1.54, 1.807) is 0 Å². The van der Waals surface area contributed by atoms with E-state index in [-0.39, 0.29) is 23.1 Å². The summed E-state index contributed by atoms with van der Waals surface area (Å²) < 4.78 is 9.79. The van der Waals surface area contributed by atoms with Gasteiger partial charge in [0.25, 0.3) is 5.69 Å². The third kappa shape index (κ3) is 3.80. The van der Waals surface area contributed by atoms with Crippen molar-refractivity contribution >= 4 is 23.3 Å². The molecule has 0 bridgehead atoms. The Hall–Kier alpha value is -1.86. The number of carbonyl (C=O) groups excluding carboxylic acids is 1. The molecule has 0 radical (unpaired) electrons. The highest BCUT2D eigenvalue weighted by Crippen LogP contribution is 2.28. The van der Waals surface area contributed by atoms with Crippen LogP contribution in [0.1, 0.15) is 6.92 Å². The summed E-state index contributed by atoms with van der Waals surface area (Å²) in [6.07, 6.45) is 0. The number of nitrogens with zero attached hydrogens (tertiary/aromatic N) is 1. The van der Waals surface area contributed by atoms with Gasteiger partial charge < -0.3 is 15.2 Å². The molecule has 0 heterocycles. The Morgan fingerprint density at radius 1 is 1.58 bits per heavy atom. The fourth-order valence-electron chi connectivity index (χ4n) is 1.25. The van der Waals surface area contributed by atoms with Crippen LogP contribution in [0, 0.1) is 10.1 Å². The first kappa shape index (κ1) is 15.2. The second-order valence-corrected chi connectivity index (χ2v) is 4.48. The molecule has 1 unspecified atom stereocenters. The van der Waals surface area contributed by atoms with Crippen LogP contribution in [0.25, 0.3) is 0 Å². The van der Waals surface area contributed by atoms with Gasteiger partial charge in [-0.1, -0.05) is 11.6 Å². The fourth-order valence-corrected chi connectivity index (χ4v) is 1.49. The molecule has 0 aliphatic rings. The molecule has 104 valence electrons. The minimum atomic E-state index is -1.32. The average Bonchev–Trinajstić information content (AvgIpc) is 2.35. The van der Waals surface area contributed by atoms with E-state index in [0.29, 0.717) is 0 Å². The van der Waals surface area contributed by atoms with Gasteiger partial charge in [-0.2, -0.15) is 0 Å². The van der Waals surface area contributed by atoms with Gasteiger partial charge in [0, 0.05) is 12.1 Å². The Balaban J connectivity index is 2.77. The maximum atomic E-state index is 11.3. The van der Waals surface area contributed by atoms with Crippen molar-refractivity contribution in [1.29, 1.82) is 0 Å². The summed E-state index contributed by atoms with van der Waals surface area (Å²) >= 11 is 5.72. The molecule has 0 aliphatic carbocycles. The molecule has 2 N–H and O–H groups in total. The van der Waals surface area contributed by atoms with Crippen molar-refractivity contribution in [3.63, 3.8) is 0 Å². The van der Waals surface area contributed by atoms with Gasteiger partial charge in [0.15, 0.2) is 0 Å². The number of nitro groups is 1. The largest absolute Gasteiger partial charge is 0.491 e. The average molecular weight is 289 g/mol. The number of methoxy groups -OCH3 is 1. The molecule has 0 saturated carbocycles. The Kier molecular flexibility index (Phi) is 4.68. The van der Waals surface area contributed by atoms with Gasteiger partial charge in [-0.05, 0) is 13.0 Å². The van der Waals surface area contributed by atoms with E-state index in [0.717, 1.165) is 0 Å². The molecule has 0 amide bonds. The number of nitrogens with two attached hydrogens (primary N) is 1. The minimum Gasteiger partial charge on any atom is -0.491 e. The molecule has 0 saturated heterocycles. The Labute approximate surface area is 114 Å². The van der Waals surface area contributed by atoms with Crippen molar-refractivity contribution in [3.8, 4) is 5.75 Å². The number of nitro benzene ring substituents is 1. The maximum Gasteiger partial charge on any atom is 0.329 e. The van der Waals surface area contributed by atoms with Crippen molar-refractivity contribution in [2.45, 2.75) is 12.5 Å². The van der Waals surface area contributed by atoms with Gasteiger partial charge >= 0.3 is 5.97 Å². The lowest BCUT2D eigenvalue weighted by atomic mass is 10.1. The molecule has 7 nitrogen and oxygen atoms in total. The summed E-state index contributed by atoms with van der Waals surface area (Å²) in [6.45, 7) is 1.31. The molecule has 0 aromatic heterocycles. The summed E-state index contributed by atoms with van der Waals surface area (Å²) in [7, 11) is 1.22. The highest BCUT2D eigenvalue weighted by atomic mass is 35.5. The molecule has 8 heteroatoms. The molecule has 1 aromatic rings. The number of benzene rings is 1. The molecule has 0 spiro atoms. The summed E-state index contributed by atoms with van der Waals surface area (Å²) in [5.74, 6) is -0.350. The van der Waals surface area contributed by atoms with Crippen LogP contribution in [0.2, 0.25) is 5.02 Å². The standard InChI is InChI=1S/C11H13ClN2O5/c1-11(13,10(15)18-2)6-19-7-3-4-9(14(16)17)8(12)5-7/h3-5H,6,13H2,1-2H3. The first-order valence-electron chi connectivity index (χ1n) is 5.22. The lowest BCUT2D eigenvalue weighted by molar-refractivity contribution is -0.384. The van der Waals surface area contributed by atoms with Gasteiger partial charge in [0.2, 0.25) is 0 Å². The van der Waals surface area contributed by atoms with E-state index < -0.39 is 16.4 Å². The molecular weight excluding hydrogens is 276 g/mol. The first-order chi connectivity index (χ1) is 8.77. The van der Waals surface area contributed by atoms with E-state index in [1.807, 2.05) is 0 Å². The number of halogens is 1. The molecule has 19 heavy (non-hydrogen) atoms. The number of carbonyl (C=O) groups is 1. The highest BCUT2D eigenvalue weighted by molar-refractivity contribution is 6.32.